The van der Waals surface area contributed by atoms with Crippen molar-refractivity contribution in [3.05, 3.63) is 24.3 Å². The summed E-state index contributed by atoms with van der Waals surface area (Å²) in [6.45, 7) is 2.66. The number of nitrogens with zero attached hydrogens (tertiary/aromatic N) is 2. The molecule has 1 aliphatic heterocycles. The smallest absolute Gasteiger partial charge is 0.115 e. The van der Waals surface area contributed by atoms with Gasteiger partial charge in [-0.2, -0.15) is 0 Å². The van der Waals surface area contributed by atoms with Gasteiger partial charge >= 0.3 is 0 Å². The zero-order valence-electron chi connectivity index (χ0n) is 8.15. The Morgan fingerprint density at radius 2 is 2.29 bits per heavy atom. The minimum Gasteiger partial charge on any atom is -0.377 e. The van der Waals surface area contributed by atoms with E-state index in [0.717, 1.165) is 25.3 Å². The molecule has 1 N–H and O–H groups in total. The molecule has 14 heavy (non-hydrogen) atoms. The van der Waals surface area contributed by atoms with E-state index in [1.807, 2.05) is 12.4 Å². The van der Waals surface area contributed by atoms with Crippen molar-refractivity contribution in [1.29, 1.82) is 0 Å². The van der Waals surface area contributed by atoms with E-state index in [-0.39, 0.29) is 0 Å². The molecule has 2 heterocycles. The van der Waals surface area contributed by atoms with Gasteiger partial charge in [-0.05, 0) is 12.8 Å². The monoisotopic (exact) mass is 193 g/mol. The zero-order chi connectivity index (χ0) is 9.64. The Morgan fingerprint density at radius 1 is 1.43 bits per heavy atom. The van der Waals surface area contributed by atoms with E-state index in [1.165, 1.54) is 12.8 Å². The molecule has 0 bridgehead atoms. The molecule has 1 aromatic rings. The fraction of sp³-hybridized carbons (Fsp3) is 0.600. The van der Waals surface area contributed by atoms with Gasteiger partial charge in [0, 0.05) is 37.7 Å². The van der Waals surface area contributed by atoms with Gasteiger partial charge in [0.2, 0.25) is 0 Å². The summed E-state index contributed by atoms with van der Waals surface area (Å²) in [4.78, 5) is 7.91. The van der Waals surface area contributed by atoms with Crippen LogP contribution in [-0.2, 0) is 11.3 Å². The van der Waals surface area contributed by atoms with E-state index in [1.54, 1.807) is 6.33 Å². The van der Waals surface area contributed by atoms with Gasteiger partial charge in [0.15, 0.2) is 0 Å². The first-order valence-corrected chi connectivity index (χ1v) is 5.01. The summed E-state index contributed by atoms with van der Waals surface area (Å²) in [5, 5.41) is 3.34. The minimum atomic E-state index is 0.402. The zero-order valence-corrected chi connectivity index (χ0v) is 8.15. The van der Waals surface area contributed by atoms with Crippen LogP contribution in [0.2, 0.25) is 0 Å². The van der Waals surface area contributed by atoms with Crippen molar-refractivity contribution in [2.75, 3.05) is 13.2 Å². The predicted octanol–water partition coefficient (Wildman–Crippen LogP) is 0.745. The highest BCUT2D eigenvalue weighted by Gasteiger charge is 2.14. The molecule has 0 radical (unpaired) electrons. The minimum absolute atomic E-state index is 0.402. The van der Waals surface area contributed by atoms with Crippen molar-refractivity contribution < 1.29 is 4.74 Å². The molecule has 1 aliphatic rings. The maximum absolute atomic E-state index is 5.50. The second-order valence-electron chi connectivity index (χ2n) is 3.51. The van der Waals surface area contributed by atoms with Crippen molar-refractivity contribution in [1.82, 2.24) is 15.3 Å². The molecule has 0 unspecified atom stereocenters. The van der Waals surface area contributed by atoms with Gasteiger partial charge < -0.3 is 10.1 Å². The third-order valence-corrected chi connectivity index (χ3v) is 2.34. The van der Waals surface area contributed by atoms with Gasteiger partial charge in [0.25, 0.3) is 0 Å². The van der Waals surface area contributed by atoms with Crippen LogP contribution in [0, 0.1) is 0 Å². The quantitative estimate of drug-likeness (QED) is 0.766. The van der Waals surface area contributed by atoms with Gasteiger partial charge in [-0.15, -0.1) is 0 Å². The number of aromatic nitrogens is 2. The fourth-order valence-electron chi connectivity index (χ4n) is 1.60. The molecule has 1 saturated heterocycles. The average Bonchev–Trinajstić information content (AvgIpc) is 2.72. The summed E-state index contributed by atoms with van der Waals surface area (Å²) in [6, 6.07) is 0. The number of ether oxygens (including phenoxy) is 1. The van der Waals surface area contributed by atoms with Gasteiger partial charge in [-0.3, -0.25) is 0 Å². The molecule has 4 nitrogen and oxygen atoms in total. The largest absolute Gasteiger partial charge is 0.377 e. The van der Waals surface area contributed by atoms with E-state index in [4.69, 9.17) is 4.74 Å². The molecule has 2 rings (SSSR count). The van der Waals surface area contributed by atoms with Crippen molar-refractivity contribution in [3.63, 3.8) is 0 Å². The Kier molecular flexibility index (Phi) is 3.43. The first kappa shape index (κ1) is 9.55. The summed E-state index contributed by atoms with van der Waals surface area (Å²) in [5.41, 5.74) is 1.12. The molecule has 0 aromatic carbocycles. The lowest BCUT2D eigenvalue weighted by Crippen LogP contribution is -2.25. The van der Waals surface area contributed by atoms with Crippen LogP contribution in [0.1, 0.15) is 18.4 Å². The van der Waals surface area contributed by atoms with Gasteiger partial charge in [-0.1, -0.05) is 0 Å². The Morgan fingerprint density at radius 3 is 3.00 bits per heavy atom. The van der Waals surface area contributed by atoms with E-state index in [2.05, 4.69) is 15.3 Å². The maximum atomic E-state index is 5.50. The lowest BCUT2D eigenvalue weighted by atomic mass is 10.2. The van der Waals surface area contributed by atoms with Gasteiger partial charge in [0.1, 0.15) is 6.33 Å². The highest BCUT2D eigenvalue weighted by molar-refractivity contribution is 5.01. The van der Waals surface area contributed by atoms with Crippen molar-refractivity contribution in [2.24, 2.45) is 0 Å². The summed E-state index contributed by atoms with van der Waals surface area (Å²) < 4.78 is 5.50. The average molecular weight is 193 g/mol. The molecule has 0 aliphatic carbocycles. The Labute approximate surface area is 83.7 Å². The molecule has 76 valence electrons. The third-order valence-electron chi connectivity index (χ3n) is 2.34. The fourth-order valence-corrected chi connectivity index (χ4v) is 1.60. The maximum Gasteiger partial charge on any atom is 0.115 e. The van der Waals surface area contributed by atoms with Gasteiger partial charge in [-0.25, -0.2) is 9.97 Å². The molecule has 1 atom stereocenters. The Balaban J connectivity index is 1.67. The second-order valence-corrected chi connectivity index (χ2v) is 3.51. The van der Waals surface area contributed by atoms with E-state index in [9.17, 15) is 0 Å². The van der Waals surface area contributed by atoms with Crippen LogP contribution in [0.25, 0.3) is 0 Å². The molecular weight excluding hydrogens is 178 g/mol. The number of hydrogen-bond donors (Lipinski definition) is 1. The molecule has 0 amide bonds. The topological polar surface area (TPSA) is 47.0 Å². The molecule has 1 fully saturated rings. The SMILES string of the molecule is c1ncc(CNC[C@@H]2CCCO2)cn1. The van der Waals surface area contributed by atoms with Crippen LogP contribution in [0.5, 0.6) is 0 Å². The Bertz CT molecular complexity index is 259. The van der Waals surface area contributed by atoms with Crippen LogP contribution < -0.4 is 5.32 Å². The van der Waals surface area contributed by atoms with Crippen LogP contribution in [0.4, 0.5) is 0 Å². The summed E-state index contributed by atoms with van der Waals surface area (Å²) in [5.74, 6) is 0. The van der Waals surface area contributed by atoms with Gasteiger partial charge in [0.05, 0.1) is 6.10 Å². The van der Waals surface area contributed by atoms with Crippen LogP contribution in [0.15, 0.2) is 18.7 Å². The lowest BCUT2D eigenvalue weighted by molar-refractivity contribution is 0.110. The third kappa shape index (κ3) is 2.75. The van der Waals surface area contributed by atoms with E-state index in [0.29, 0.717) is 6.10 Å². The predicted molar refractivity (Wildman–Crippen MR) is 52.7 cm³/mol. The molecule has 1 aromatic heterocycles. The van der Waals surface area contributed by atoms with Crippen molar-refractivity contribution in [3.8, 4) is 0 Å². The van der Waals surface area contributed by atoms with Crippen molar-refractivity contribution >= 4 is 0 Å². The normalized spacial score (nSPS) is 21.3. The number of hydrogen-bond acceptors (Lipinski definition) is 4. The summed E-state index contributed by atoms with van der Waals surface area (Å²) >= 11 is 0. The standard InChI is InChI=1S/C10H15N3O/c1-2-10(14-3-1)7-11-4-9-5-12-8-13-6-9/h5-6,8,10-11H,1-4,7H2/t10-/m0/s1. The number of rotatable bonds is 4. The molecule has 0 saturated carbocycles. The summed E-state index contributed by atoms with van der Waals surface area (Å²) in [7, 11) is 0. The molecular formula is C10H15N3O. The summed E-state index contributed by atoms with van der Waals surface area (Å²) in [6.07, 6.45) is 7.98. The van der Waals surface area contributed by atoms with Crippen LogP contribution in [-0.4, -0.2) is 29.2 Å². The van der Waals surface area contributed by atoms with E-state index < -0.39 is 0 Å². The first-order valence-electron chi connectivity index (χ1n) is 5.01. The lowest BCUT2D eigenvalue weighted by Gasteiger charge is -2.09. The van der Waals surface area contributed by atoms with Crippen LogP contribution in [0.3, 0.4) is 0 Å². The van der Waals surface area contributed by atoms with E-state index >= 15 is 0 Å². The highest BCUT2D eigenvalue weighted by Crippen LogP contribution is 2.10. The molecule has 0 spiro atoms. The van der Waals surface area contributed by atoms with Crippen molar-refractivity contribution in [2.45, 2.75) is 25.5 Å². The first-order chi connectivity index (χ1) is 6.95. The number of nitrogens with one attached hydrogen (secondary N) is 1. The van der Waals surface area contributed by atoms with Crippen LogP contribution >= 0.6 is 0 Å². The highest BCUT2D eigenvalue weighted by atomic mass is 16.5. The second kappa shape index (κ2) is 5.02. The molecule has 4 heteroatoms. The Hall–Kier alpha value is -1.00.